The number of hydrogen-bond donors (Lipinski definition) is 0. The molecular weight excluding hydrogens is 252 g/mol. The summed E-state index contributed by atoms with van der Waals surface area (Å²) in [6.45, 7) is 12.4. The molecule has 20 heavy (non-hydrogen) atoms. The van der Waals surface area contributed by atoms with Crippen molar-refractivity contribution in [1.29, 1.82) is 0 Å². The SMILES string of the molecule is CC.CC(C)N1CCN(C)C2CN(C(=O)N(C)C)CC21. The van der Waals surface area contributed by atoms with Crippen molar-refractivity contribution in [3.8, 4) is 0 Å². The van der Waals surface area contributed by atoms with Gasteiger partial charge in [-0.25, -0.2) is 4.79 Å². The number of hydrogen-bond acceptors (Lipinski definition) is 3. The quantitative estimate of drug-likeness (QED) is 0.729. The summed E-state index contributed by atoms with van der Waals surface area (Å²) in [5.74, 6) is 0. The maximum Gasteiger partial charge on any atom is 0.319 e. The summed E-state index contributed by atoms with van der Waals surface area (Å²) in [6.07, 6.45) is 0. The second-order valence-electron chi connectivity index (χ2n) is 6.03. The number of likely N-dealkylation sites (N-methyl/N-ethyl adjacent to an activating group) is 1. The monoisotopic (exact) mass is 284 g/mol. The predicted molar refractivity (Wildman–Crippen MR) is 84.1 cm³/mol. The highest BCUT2D eigenvalue weighted by molar-refractivity contribution is 5.74. The fourth-order valence-corrected chi connectivity index (χ4v) is 3.21. The molecule has 0 N–H and O–H groups in total. The Morgan fingerprint density at radius 1 is 1.10 bits per heavy atom. The van der Waals surface area contributed by atoms with Crippen LogP contribution < -0.4 is 0 Å². The van der Waals surface area contributed by atoms with E-state index in [0.29, 0.717) is 18.1 Å². The van der Waals surface area contributed by atoms with Crippen molar-refractivity contribution in [3.05, 3.63) is 0 Å². The van der Waals surface area contributed by atoms with Gasteiger partial charge in [-0.1, -0.05) is 13.8 Å². The fraction of sp³-hybridized carbons (Fsp3) is 0.933. The molecule has 0 aromatic heterocycles. The van der Waals surface area contributed by atoms with Crippen LogP contribution in [0.3, 0.4) is 0 Å². The van der Waals surface area contributed by atoms with Crippen LogP contribution in [0.1, 0.15) is 27.7 Å². The molecule has 0 aromatic carbocycles. The second-order valence-corrected chi connectivity index (χ2v) is 6.03. The van der Waals surface area contributed by atoms with Crippen molar-refractivity contribution in [2.24, 2.45) is 0 Å². The van der Waals surface area contributed by atoms with Crippen LogP contribution in [0.5, 0.6) is 0 Å². The summed E-state index contributed by atoms with van der Waals surface area (Å²) in [4.78, 5) is 20.7. The van der Waals surface area contributed by atoms with Gasteiger partial charge in [0.05, 0.1) is 0 Å². The highest BCUT2D eigenvalue weighted by atomic mass is 16.2. The third-order valence-corrected chi connectivity index (χ3v) is 4.28. The van der Waals surface area contributed by atoms with Gasteiger partial charge in [0.25, 0.3) is 0 Å². The number of amides is 2. The zero-order valence-corrected chi connectivity index (χ0v) is 14.3. The van der Waals surface area contributed by atoms with Crippen LogP contribution in [0.15, 0.2) is 0 Å². The van der Waals surface area contributed by atoms with E-state index in [9.17, 15) is 4.79 Å². The van der Waals surface area contributed by atoms with E-state index in [4.69, 9.17) is 0 Å². The standard InChI is InChI=1S/C13H26N4O.C2H6/c1-10(2)17-7-6-15(5)11-8-16(9-12(11)17)13(18)14(3)4;1-2/h10-12H,6-9H2,1-5H3;1-2H3. The molecule has 2 aliphatic heterocycles. The zero-order valence-electron chi connectivity index (χ0n) is 14.3. The lowest BCUT2D eigenvalue weighted by molar-refractivity contribution is 0.0411. The van der Waals surface area contributed by atoms with Gasteiger partial charge in [-0.15, -0.1) is 0 Å². The molecule has 2 aliphatic rings. The normalized spacial score (nSPS) is 27.1. The highest BCUT2D eigenvalue weighted by Gasteiger charge is 2.44. The first-order valence-electron chi connectivity index (χ1n) is 7.84. The van der Waals surface area contributed by atoms with E-state index in [1.807, 2.05) is 32.8 Å². The van der Waals surface area contributed by atoms with Gasteiger partial charge in [0.1, 0.15) is 0 Å². The summed E-state index contributed by atoms with van der Waals surface area (Å²) < 4.78 is 0. The Balaban J connectivity index is 0.000000956. The summed E-state index contributed by atoms with van der Waals surface area (Å²) in [7, 11) is 5.83. The number of nitrogens with zero attached hydrogens (tertiary/aromatic N) is 4. The number of carbonyl (C=O) groups excluding carboxylic acids is 1. The van der Waals surface area contributed by atoms with Crippen molar-refractivity contribution >= 4 is 6.03 Å². The zero-order chi connectivity index (χ0) is 15.4. The number of fused-ring (bicyclic) bond motifs is 1. The Labute approximate surface area is 124 Å². The molecule has 0 bridgehead atoms. The first kappa shape index (κ1) is 17.2. The van der Waals surface area contributed by atoms with E-state index in [1.54, 1.807) is 4.90 Å². The Bertz CT molecular complexity index is 319. The largest absolute Gasteiger partial charge is 0.331 e. The van der Waals surface area contributed by atoms with Crippen LogP contribution in [0.25, 0.3) is 0 Å². The number of piperazine rings is 1. The Hall–Kier alpha value is -0.810. The number of rotatable bonds is 1. The minimum atomic E-state index is 0.140. The van der Waals surface area contributed by atoms with Crippen molar-refractivity contribution in [2.45, 2.75) is 45.8 Å². The third-order valence-electron chi connectivity index (χ3n) is 4.28. The topological polar surface area (TPSA) is 30.0 Å². The van der Waals surface area contributed by atoms with Gasteiger partial charge in [0.15, 0.2) is 0 Å². The molecule has 5 nitrogen and oxygen atoms in total. The summed E-state index contributed by atoms with van der Waals surface area (Å²) in [5, 5.41) is 0. The lowest BCUT2D eigenvalue weighted by atomic mass is 10.0. The number of carbonyl (C=O) groups is 1. The van der Waals surface area contributed by atoms with Crippen LogP contribution in [0, 0.1) is 0 Å². The summed E-state index contributed by atoms with van der Waals surface area (Å²) in [6, 6.07) is 1.68. The molecule has 2 unspecified atom stereocenters. The van der Waals surface area contributed by atoms with Crippen LogP contribution in [0.4, 0.5) is 4.79 Å². The summed E-state index contributed by atoms with van der Waals surface area (Å²) >= 11 is 0. The minimum absolute atomic E-state index is 0.140. The average Bonchev–Trinajstić information content (AvgIpc) is 2.85. The van der Waals surface area contributed by atoms with Gasteiger partial charge in [-0.05, 0) is 20.9 Å². The number of likely N-dealkylation sites (tertiary alicyclic amines) is 1. The molecule has 5 heteroatoms. The number of urea groups is 1. The third kappa shape index (κ3) is 3.44. The van der Waals surface area contributed by atoms with Gasteiger partial charge in [-0.2, -0.15) is 0 Å². The molecule has 118 valence electrons. The Morgan fingerprint density at radius 3 is 2.15 bits per heavy atom. The van der Waals surface area contributed by atoms with Gasteiger partial charge in [-0.3, -0.25) is 9.80 Å². The molecule has 2 rings (SSSR count). The first-order chi connectivity index (χ1) is 9.41. The van der Waals surface area contributed by atoms with Crippen molar-refractivity contribution < 1.29 is 4.79 Å². The Morgan fingerprint density at radius 2 is 1.65 bits per heavy atom. The molecule has 2 amide bonds. The highest BCUT2D eigenvalue weighted by Crippen LogP contribution is 2.26. The maximum atomic E-state index is 12.1. The van der Waals surface area contributed by atoms with Crippen LogP contribution >= 0.6 is 0 Å². The maximum absolute atomic E-state index is 12.1. The minimum Gasteiger partial charge on any atom is -0.331 e. The van der Waals surface area contributed by atoms with E-state index in [-0.39, 0.29) is 6.03 Å². The molecule has 0 radical (unpaired) electrons. The molecule has 0 saturated carbocycles. The molecule has 2 fully saturated rings. The van der Waals surface area contributed by atoms with Crippen LogP contribution in [-0.2, 0) is 0 Å². The molecule has 0 aliphatic carbocycles. The molecule has 0 spiro atoms. The van der Waals surface area contributed by atoms with Crippen LogP contribution in [0.2, 0.25) is 0 Å². The molecule has 2 saturated heterocycles. The predicted octanol–water partition coefficient (Wildman–Crippen LogP) is 1.40. The van der Waals surface area contributed by atoms with Crippen molar-refractivity contribution in [3.63, 3.8) is 0 Å². The molecular formula is C15H32N4O. The van der Waals surface area contributed by atoms with E-state index in [2.05, 4.69) is 30.7 Å². The lowest BCUT2D eigenvalue weighted by Crippen LogP contribution is -2.59. The van der Waals surface area contributed by atoms with Crippen molar-refractivity contribution in [1.82, 2.24) is 19.6 Å². The average molecular weight is 284 g/mol. The molecule has 0 aromatic rings. The van der Waals surface area contributed by atoms with E-state index in [1.165, 1.54) is 0 Å². The lowest BCUT2D eigenvalue weighted by Gasteiger charge is -2.44. The van der Waals surface area contributed by atoms with Crippen LogP contribution in [-0.4, -0.2) is 91.1 Å². The van der Waals surface area contributed by atoms with Gasteiger partial charge < -0.3 is 9.80 Å². The Kier molecular flexibility index (Phi) is 6.27. The van der Waals surface area contributed by atoms with Gasteiger partial charge in [0, 0.05) is 58.4 Å². The van der Waals surface area contributed by atoms with Gasteiger partial charge in [0.2, 0.25) is 0 Å². The summed E-state index contributed by atoms with van der Waals surface area (Å²) in [5.41, 5.74) is 0. The van der Waals surface area contributed by atoms with Crippen molar-refractivity contribution in [2.75, 3.05) is 47.3 Å². The van der Waals surface area contributed by atoms with E-state index in [0.717, 1.165) is 26.2 Å². The molecule has 2 heterocycles. The van der Waals surface area contributed by atoms with E-state index >= 15 is 0 Å². The second kappa shape index (κ2) is 7.27. The molecule has 2 atom stereocenters. The van der Waals surface area contributed by atoms with Gasteiger partial charge >= 0.3 is 6.03 Å². The first-order valence-corrected chi connectivity index (χ1v) is 7.84. The van der Waals surface area contributed by atoms with E-state index < -0.39 is 0 Å². The fourth-order valence-electron chi connectivity index (χ4n) is 3.21. The smallest absolute Gasteiger partial charge is 0.319 e.